The van der Waals surface area contributed by atoms with Crippen LogP contribution in [0, 0.1) is 0 Å². The Morgan fingerprint density at radius 3 is 2.04 bits per heavy atom. The van der Waals surface area contributed by atoms with Gasteiger partial charge in [0.1, 0.15) is 11.2 Å². The molecule has 0 aliphatic carbocycles. The van der Waals surface area contributed by atoms with E-state index in [2.05, 4.69) is 10.6 Å². The SMILES string of the molecule is CC(CNCCCNC(=O)OC(C)(C)C)N(C)C(=O)OC(C)(C)C. The van der Waals surface area contributed by atoms with Crippen LogP contribution in [0.25, 0.3) is 0 Å². The average molecular weight is 345 g/mol. The molecule has 0 heterocycles. The molecule has 0 saturated carbocycles. The molecule has 2 amide bonds. The maximum absolute atomic E-state index is 11.9. The number of hydrogen-bond donors (Lipinski definition) is 2. The number of alkyl carbamates (subject to hydrolysis) is 1. The van der Waals surface area contributed by atoms with Gasteiger partial charge in [0, 0.05) is 26.2 Å². The largest absolute Gasteiger partial charge is 0.444 e. The Morgan fingerprint density at radius 1 is 1.00 bits per heavy atom. The molecule has 7 heteroatoms. The van der Waals surface area contributed by atoms with Crippen molar-refractivity contribution in [1.82, 2.24) is 15.5 Å². The van der Waals surface area contributed by atoms with Crippen LogP contribution in [0.4, 0.5) is 9.59 Å². The Morgan fingerprint density at radius 2 is 1.54 bits per heavy atom. The fraction of sp³-hybridized carbons (Fsp3) is 0.882. The van der Waals surface area contributed by atoms with Gasteiger partial charge in [0.05, 0.1) is 0 Å². The maximum Gasteiger partial charge on any atom is 0.410 e. The Balaban J connectivity index is 3.84. The standard InChI is InChI=1S/C17H35N3O4/c1-13(20(8)15(22)24-17(5,6)7)12-18-10-9-11-19-14(21)23-16(2,3)4/h13,18H,9-12H2,1-8H3,(H,19,21). The van der Waals surface area contributed by atoms with Crippen LogP contribution in [0.5, 0.6) is 0 Å². The van der Waals surface area contributed by atoms with E-state index < -0.39 is 17.3 Å². The third-order valence-electron chi connectivity index (χ3n) is 2.98. The molecule has 0 aromatic rings. The molecule has 0 fully saturated rings. The van der Waals surface area contributed by atoms with Crippen LogP contribution >= 0.6 is 0 Å². The van der Waals surface area contributed by atoms with Crippen LogP contribution in [-0.2, 0) is 9.47 Å². The first-order valence-corrected chi connectivity index (χ1v) is 8.45. The summed E-state index contributed by atoms with van der Waals surface area (Å²) in [6.07, 6.45) is 0.0474. The zero-order chi connectivity index (χ0) is 19.0. The highest BCUT2D eigenvalue weighted by atomic mass is 16.6. The smallest absolute Gasteiger partial charge is 0.410 e. The van der Waals surface area contributed by atoms with E-state index in [1.165, 1.54) is 0 Å². The van der Waals surface area contributed by atoms with Crippen LogP contribution in [0.1, 0.15) is 54.9 Å². The monoisotopic (exact) mass is 345 g/mol. The first-order chi connectivity index (χ1) is 10.8. The van der Waals surface area contributed by atoms with E-state index in [0.29, 0.717) is 13.1 Å². The molecule has 1 unspecified atom stereocenters. The minimum Gasteiger partial charge on any atom is -0.444 e. The second-order valence-corrected chi connectivity index (χ2v) is 7.93. The van der Waals surface area contributed by atoms with Gasteiger partial charge in [-0.2, -0.15) is 0 Å². The summed E-state index contributed by atoms with van der Waals surface area (Å²) >= 11 is 0. The highest BCUT2D eigenvalue weighted by Crippen LogP contribution is 2.10. The van der Waals surface area contributed by atoms with E-state index in [1.807, 2.05) is 48.5 Å². The molecule has 0 aromatic carbocycles. The van der Waals surface area contributed by atoms with Crippen LogP contribution in [0.3, 0.4) is 0 Å². The first kappa shape index (κ1) is 22.5. The Labute approximate surface area is 146 Å². The topological polar surface area (TPSA) is 79.9 Å². The molecule has 0 spiro atoms. The fourth-order valence-corrected chi connectivity index (χ4v) is 1.68. The third kappa shape index (κ3) is 12.0. The quantitative estimate of drug-likeness (QED) is 0.694. The van der Waals surface area contributed by atoms with Gasteiger partial charge in [0.25, 0.3) is 0 Å². The molecule has 0 aliphatic rings. The van der Waals surface area contributed by atoms with Crippen LogP contribution in [-0.4, -0.2) is 61.0 Å². The number of carbonyl (C=O) groups is 2. The summed E-state index contributed by atoms with van der Waals surface area (Å²) in [4.78, 5) is 25.0. The van der Waals surface area contributed by atoms with Crippen molar-refractivity contribution in [2.75, 3.05) is 26.7 Å². The second kappa shape index (κ2) is 9.71. The number of hydrogen-bond acceptors (Lipinski definition) is 5. The van der Waals surface area contributed by atoms with Gasteiger partial charge in [0.2, 0.25) is 0 Å². The summed E-state index contributed by atoms with van der Waals surface area (Å²) < 4.78 is 10.5. The summed E-state index contributed by atoms with van der Waals surface area (Å²) in [5.74, 6) is 0. The maximum atomic E-state index is 11.9. The van der Waals surface area contributed by atoms with Crippen molar-refractivity contribution < 1.29 is 19.1 Å². The molecule has 0 rings (SSSR count). The van der Waals surface area contributed by atoms with Crippen molar-refractivity contribution in [3.05, 3.63) is 0 Å². The van der Waals surface area contributed by atoms with Crippen molar-refractivity contribution in [3.8, 4) is 0 Å². The lowest BCUT2D eigenvalue weighted by Crippen LogP contribution is -2.44. The van der Waals surface area contributed by atoms with Gasteiger partial charge in [-0.05, 0) is 61.4 Å². The predicted molar refractivity (Wildman–Crippen MR) is 95.2 cm³/mol. The third-order valence-corrected chi connectivity index (χ3v) is 2.98. The number of rotatable bonds is 7. The zero-order valence-electron chi connectivity index (χ0n) is 16.5. The molecule has 2 N–H and O–H groups in total. The minimum atomic E-state index is -0.494. The average Bonchev–Trinajstić information content (AvgIpc) is 2.37. The van der Waals surface area contributed by atoms with Crippen LogP contribution < -0.4 is 10.6 Å². The van der Waals surface area contributed by atoms with Crippen molar-refractivity contribution in [3.63, 3.8) is 0 Å². The van der Waals surface area contributed by atoms with Gasteiger partial charge in [0.15, 0.2) is 0 Å². The van der Waals surface area contributed by atoms with Gasteiger partial charge < -0.3 is 25.0 Å². The summed E-state index contributed by atoms with van der Waals surface area (Å²) in [6, 6.07) is 0.0127. The van der Waals surface area contributed by atoms with Gasteiger partial charge in [-0.3, -0.25) is 0 Å². The van der Waals surface area contributed by atoms with Crippen LogP contribution in [0.15, 0.2) is 0 Å². The predicted octanol–water partition coefficient (Wildman–Crippen LogP) is 2.75. The number of ether oxygens (including phenoxy) is 2. The van der Waals surface area contributed by atoms with Gasteiger partial charge in [-0.15, -0.1) is 0 Å². The Kier molecular flexibility index (Phi) is 9.11. The van der Waals surface area contributed by atoms with E-state index in [-0.39, 0.29) is 12.1 Å². The number of likely N-dealkylation sites (N-methyl/N-ethyl adjacent to an activating group) is 1. The molecular formula is C17H35N3O4. The second-order valence-electron chi connectivity index (χ2n) is 7.93. The number of nitrogens with one attached hydrogen (secondary N) is 2. The van der Waals surface area contributed by atoms with Crippen molar-refractivity contribution in [2.24, 2.45) is 0 Å². The molecule has 142 valence electrons. The normalized spacial score (nSPS) is 13.2. The zero-order valence-corrected chi connectivity index (χ0v) is 16.5. The lowest BCUT2D eigenvalue weighted by molar-refractivity contribution is 0.0235. The summed E-state index contributed by atoms with van der Waals surface area (Å²) in [7, 11) is 1.73. The first-order valence-electron chi connectivity index (χ1n) is 8.45. The lowest BCUT2D eigenvalue weighted by Gasteiger charge is -2.28. The molecule has 1 atom stereocenters. The van der Waals surface area contributed by atoms with Crippen molar-refractivity contribution in [1.29, 1.82) is 0 Å². The number of carbonyl (C=O) groups excluding carboxylic acids is 2. The van der Waals surface area contributed by atoms with Gasteiger partial charge >= 0.3 is 12.2 Å². The van der Waals surface area contributed by atoms with Crippen molar-refractivity contribution in [2.45, 2.75) is 72.1 Å². The summed E-state index contributed by atoms with van der Waals surface area (Å²) in [6.45, 7) is 14.9. The van der Waals surface area contributed by atoms with Crippen molar-refractivity contribution >= 4 is 12.2 Å². The van der Waals surface area contributed by atoms with Gasteiger partial charge in [-0.25, -0.2) is 9.59 Å². The molecule has 7 nitrogen and oxygen atoms in total. The highest BCUT2D eigenvalue weighted by Gasteiger charge is 2.22. The molecule has 0 radical (unpaired) electrons. The van der Waals surface area contributed by atoms with Crippen LogP contribution in [0.2, 0.25) is 0 Å². The Hall–Kier alpha value is -1.50. The summed E-state index contributed by atoms with van der Waals surface area (Å²) in [5.41, 5.74) is -0.976. The van der Waals surface area contributed by atoms with E-state index in [1.54, 1.807) is 11.9 Å². The fourth-order valence-electron chi connectivity index (χ4n) is 1.68. The lowest BCUT2D eigenvalue weighted by atomic mass is 10.2. The highest BCUT2D eigenvalue weighted by molar-refractivity contribution is 5.68. The number of nitrogens with zero attached hydrogens (tertiary/aromatic N) is 1. The van der Waals surface area contributed by atoms with E-state index in [9.17, 15) is 9.59 Å². The molecule has 24 heavy (non-hydrogen) atoms. The molecule has 0 aromatic heterocycles. The summed E-state index contributed by atoms with van der Waals surface area (Å²) in [5, 5.41) is 5.97. The number of amides is 2. The molecular weight excluding hydrogens is 310 g/mol. The van der Waals surface area contributed by atoms with E-state index in [0.717, 1.165) is 13.0 Å². The molecule has 0 aliphatic heterocycles. The minimum absolute atomic E-state index is 0.0127. The molecule has 0 bridgehead atoms. The Bertz CT molecular complexity index is 400. The van der Waals surface area contributed by atoms with E-state index in [4.69, 9.17) is 9.47 Å². The van der Waals surface area contributed by atoms with Gasteiger partial charge in [-0.1, -0.05) is 0 Å². The molecule has 0 saturated heterocycles. The van der Waals surface area contributed by atoms with E-state index >= 15 is 0 Å².